The fourth-order valence-electron chi connectivity index (χ4n) is 2.79. The van der Waals surface area contributed by atoms with E-state index < -0.39 is 0 Å². The minimum absolute atomic E-state index is 0.187. The third-order valence-corrected chi connectivity index (χ3v) is 4.69. The first-order valence-electron chi connectivity index (χ1n) is 9.10. The van der Waals surface area contributed by atoms with E-state index >= 15 is 0 Å². The molecule has 0 spiro atoms. The predicted octanol–water partition coefficient (Wildman–Crippen LogP) is 5.66. The topological polar surface area (TPSA) is 69.3 Å². The van der Waals surface area contributed by atoms with Crippen LogP contribution in [0.15, 0.2) is 77.5 Å². The van der Waals surface area contributed by atoms with Crippen LogP contribution in [0.5, 0.6) is 5.75 Å². The Bertz CT molecular complexity index is 1150. The number of nitrogens with one attached hydrogen (secondary N) is 1. The zero-order chi connectivity index (χ0) is 20.9. The second-order valence-electron chi connectivity index (χ2n) is 6.52. The van der Waals surface area contributed by atoms with Gasteiger partial charge in [-0.1, -0.05) is 35.3 Å². The van der Waals surface area contributed by atoms with Crippen molar-refractivity contribution in [1.82, 2.24) is 9.78 Å². The Kier molecular flexibility index (Phi) is 6.07. The van der Waals surface area contributed by atoms with Gasteiger partial charge in [-0.25, -0.2) is 0 Å². The first kappa shape index (κ1) is 20.1. The molecule has 0 bridgehead atoms. The van der Waals surface area contributed by atoms with E-state index in [1.807, 2.05) is 24.3 Å². The van der Waals surface area contributed by atoms with Gasteiger partial charge in [0.1, 0.15) is 18.1 Å². The molecule has 0 unspecified atom stereocenters. The summed E-state index contributed by atoms with van der Waals surface area (Å²) in [5.74, 6) is 1.02. The monoisotopic (exact) mass is 441 g/mol. The average Bonchev–Trinajstić information content (AvgIpc) is 3.37. The van der Waals surface area contributed by atoms with E-state index in [0.717, 1.165) is 5.56 Å². The van der Waals surface area contributed by atoms with Crippen molar-refractivity contribution in [3.63, 3.8) is 0 Å². The van der Waals surface area contributed by atoms with Crippen molar-refractivity contribution < 1.29 is 13.9 Å². The molecule has 2 aromatic carbocycles. The molecule has 0 aliphatic heterocycles. The largest absolute Gasteiger partial charge is 0.486 e. The van der Waals surface area contributed by atoms with Crippen molar-refractivity contribution in [2.75, 3.05) is 5.32 Å². The molecule has 2 heterocycles. The van der Waals surface area contributed by atoms with Crippen molar-refractivity contribution >= 4 is 34.8 Å². The smallest absolute Gasteiger partial charge is 0.291 e. The molecular formula is C22H17Cl2N3O3. The van der Waals surface area contributed by atoms with Crippen molar-refractivity contribution in [2.45, 2.75) is 13.2 Å². The average molecular weight is 442 g/mol. The maximum absolute atomic E-state index is 12.4. The summed E-state index contributed by atoms with van der Waals surface area (Å²) in [6.45, 7) is 0.746. The molecule has 0 saturated heterocycles. The molecule has 8 heteroatoms. The second-order valence-corrected chi connectivity index (χ2v) is 7.39. The van der Waals surface area contributed by atoms with Gasteiger partial charge in [-0.2, -0.15) is 5.10 Å². The van der Waals surface area contributed by atoms with Crippen molar-refractivity contribution in [1.29, 1.82) is 0 Å². The molecule has 0 aliphatic rings. The van der Waals surface area contributed by atoms with Gasteiger partial charge in [0.25, 0.3) is 5.91 Å². The van der Waals surface area contributed by atoms with Crippen LogP contribution in [0.25, 0.3) is 0 Å². The third-order valence-electron chi connectivity index (χ3n) is 4.20. The maximum Gasteiger partial charge on any atom is 0.291 e. The Hall–Kier alpha value is -3.22. The Morgan fingerprint density at radius 1 is 1.07 bits per heavy atom. The van der Waals surface area contributed by atoms with Crippen LogP contribution in [0.1, 0.15) is 21.9 Å². The highest BCUT2D eigenvalue weighted by Crippen LogP contribution is 2.18. The van der Waals surface area contributed by atoms with Gasteiger partial charge in [-0.05, 0) is 54.1 Å². The minimum Gasteiger partial charge on any atom is -0.486 e. The van der Waals surface area contributed by atoms with Crippen LogP contribution in [0.2, 0.25) is 10.0 Å². The highest BCUT2D eigenvalue weighted by molar-refractivity contribution is 6.30. The molecule has 6 nitrogen and oxygen atoms in total. The van der Waals surface area contributed by atoms with Crippen LogP contribution in [0.4, 0.5) is 5.69 Å². The van der Waals surface area contributed by atoms with E-state index in [1.165, 1.54) is 0 Å². The fourth-order valence-corrected chi connectivity index (χ4v) is 3.13. The standard InChI is InChI=1S/C22H17Cl2N3O3/c23-16-4-6-19(7-5-16)29-14-20-8-9-21(30-20)22(28)26-18-11-25-27(13-18)12-15-2-1-3-17(24)10-15/h1-11,13H,12,14H2,(H,26,28). The van der Waals surface area contributed by atoms with Gasteiger partial charge < -0.3 is 14.5 Å². The Balaban J connectivity index is 1.33. The van der Waals surface area contributed by atoms with Crippen LogP contribution in [-0.2, 0) is 13.2 Å². The van der Waals surface area contributed by atoms with Crippen LogP contribution < -0.4 is 10.1 Å². The van der Waals surface area contributed by atoms with Gasteiger partial charge >= 0.3 is 0 Å². The van der Waals surface area contributed by atoms with Gasteiger partial charge in [-0.3, -0.25) is 9.48 Å². The fraction of sp³-hybridized carbons (Fsp3) is 0.0909. The van der Waals surface area contributed by atoms with E-state index in [2.05, 4.69) is 10.4 Å². The second kappa shape index (κ2) is 9.07. The van der Waals surface area contributed by atoms with E-state index in [9.17, 15) is 4.79 Å². The predicted molar refractivity (Wildman–Crippen MR) is 115 cm³/mol. The van der Waals surface area contributed by atoms with Gasteiger partial charge in [0.2, 0.25) is 0 Å². The number of benzene rings is 2. The number of ether oxygens (including phenoxy) is 1. The first-order valence-corrected chi connectivity index (χ1v) is 9.86. The summed E-state index contributed by atoms with van der Waals surface area (Å²) in [4.78, 5) is 12.4. The molecule has 4 aromatic rings. The van der Waals surface area contributed by atoms with Crippen LogP contribution >= 0.6 is 23.2 Å². The van der Waals surface area contributed by atoms with Crippen LogP contribution in [0.3, 0.4) is 0 Å². The number of rotatable bonds is 7. The molecule has 4 rings (SSSR count). The zero-order valence-corrected chi connectivity index (χ0v) is 17.2. The molecular weight excluding hydrogens is 425 g/mol. The summed E-state index contributed by atoms with van der Waals surface area (Å²) in [7, 11) is 0. The molecule has 2 aromatic heterocycles. The van der Waals surface area contributed by atoms with Gasteiger partial charge in [0.15, 0.2) is 5.76 Å². The summed E-state index contributed by atoms with van der Waals surface area (Å²) in [5, 5.41) is 8.34. The lowest BCUT2D eigenvalue weighted by Gasteiger charge is -2.04. The van der Waals surface area contributed by atoms with Gasteiger partial charge in [0, 0.05) is 16.2 Å². The summed E-state index contributed by atoms with van der Waals surface area (Å²) < 4.78 is 12.9. The maximum atomic E-state index is 12.4. The van der Waals surface area contributed by atoms with E-state index in [4.69, 9.17) is 32.4 Å². The first-order chi connectivity index (χ1) is 14.5. The molecule has 30 heavy (non-hydrogen) atoms. The lowest BCUT2D eigenvalue weighted by molar-refractivity contribution is 0.0992. The normalized spacial score (nSPS) is 10.7. The van der Waals surface area contributed by atoms with Crippen molar-refractivity contribution in [2.24, 2.45) is 0 Å². The zero-order valence-electron chi connectivity index (χ0n) is 15.7. The number of carbonyl (C=O) groups excluding carboxylic acids is 1. The van der Waals surface area contributed by atoms with E-state index in [1.54, 1.807) is 53.5 Å². The minimum atomic E-state index is -0.366. The lowest BCUT2D eigenvalue weighted by atomic mass is 10.2. The number of amides is 1. The molecule has 1 N–H and O–H groups in total. The number of halogens is 2. The quantitative estimate of drug-likeness (QED) is 0.401. The molecule has 0 aliphatic carbocycles. The van der Waals surface area contributed by atoms with Crippen molar-refractivity contribution in [3.05, 3.63) is 100 Å². The summed E-state index contributed by atoms with van der Waals surface area (Å²) >= 11 is 11.9. The van der Waals surface area contributed by atoms with E-state index in [-0.39, 0.29) is 18.3 Å². The molecule has 152 valence electrons. The number of aromatic nitrogens is 2. The molecule has 0 radical (unpaired) electrons. The van der Waals surface area contributed by atoms with Gasteiger partial charge in [-0.15, -0.1) is 0 Å². The summed E-state index contributed by atoms with van der Waals surface area (Å²) in [5.41, 5.74) is 1.58. The molecule has 0 saturated carbocycles. The number of anilines is 1. The van der Waals surface area contributed by atoms with Crippen LogP contribution in [0, 0.1) is 0 Å². The Labute approximate surface area is 183 Å². The number of hydrogen-bond acceptors (Lipinski definition) is 4. The lowest BCUT2D eigenvalue weighted by Crippen LogP contribution is -2.10. The van der Waals surface area contributed by atoms with E-state index in [0.29, 0.717) is 33.8 Å². The third kappa shape index (κ3) is 5.23. The number of nitrogens with zero attached hydrogens (tertiary/aromatic N) is 2. The molecule has 0 atom stereocenters. The Morgan fingerprint density at radius 3 is 2.70 bits per heavy atom. The number of hydrogen-bond donors (Lipinski definition) is 1. The van der Waals surface area contributed by atoms with Crippen LogP contribution in [-0.4, -0.2) is 15.7 Å². The summed E-state index contributed by atoms with van der Waals surface area (Å²) in [6, 6.07) is 17.8. The highest BCUT2D eigenvalue weighted by atomic mass is 35.5. The molecule has 0 fully saturated rings. The SMILES string of the molecule is O=C(Nc1cnn(Cc2cccc(Cl)c2)c1)c1ccc(COc2ccc(Cl)cc2)o1. The highest BCUT2D eigenvalue weighted by Gasteiger charge is 2.13. The molecule has 1 amide bonds. The summed E-state index contributed by atoms with van der Waals surface area (Å²) in [6.07, 6.45) is 3.32. The van der Waals surface area contributed by atoms with Crippen molar-refractivity contribution in [3.8, 4) is 5.75 Å². The number of carbonyl (C=O) groups is 1. The van der Waals surface area contributed by atoms with Gasteiger partial charge in [0.05, 0.1) is 18.4 Å². The Morgan fingerprint density at radius 2 is 1.90 bits per heavy atom. The number of furan rings is 1.